The zero-order valence-electron chi connectivity index (χ0n) is 10.9. The minimum atomic E-state index is -1.28. The Kier molecular flexibility index (Phi) is 2.75. The van der Waals surface area contributed by atoms with Crippen LogP contribution in [0.15, 0.2) is 24.3 Å². The second-order valence-corrected chi connectivity index (χ2v) is 5.09. The number of primary amides is 1. The number of para-hydroxylation sites is 1. The molecule has 21 heavy (non-hydrogen) atoms. The summed E-state index contributed by atoms with van der Waals surface area (Å²) in [7, 11) is 0. The summed E-state index contributed by atoms with van der Waals surface area (Å²) in [5.74, 6) is -0.763. The van der Waals surface area contributed by atoms with Crippen LogP contribution in [0, 0.1) is 0 Å². The smallest absolute Gasteiger partial charge is 0.412 e. The van der Waals surface area contributed by atoms with Gasteiger partial charge in [-0.15, -0.1) is 0 Å². The minimum Gasteiger partial charge on any atom is -0.465 e. The molecule has 2 heterocycles. The first-order valence-corrected chi connectivity index (χ1v) is 6.31. The minimum absolute atomic E-state index is 0.0130. The number of benzene rings is 1. The van der Waals surface area contributed by atoms with E-state index in [4.69, 9.17) is 10.5 Å². The number of nitrogens with zero attached hydrogens (tertiary/aromatic N) is 1. The van der Waals surface area contributed by atoms with Crippen LogP contribution in [0.4, 0.5) is 15.3 Å². The standard InChI is InChI=1S/C13H13N3O5/c14-10(17)9-5-13(6-16(9)12(19)20)7-3-1-2-4-8(7)15-11(18)21-13/h1-4,9H,5-6H2,(H2,14,17)(H,15,18)(H,19,20)/t9-,13-/m0/s1. The van der Waals surface area contributed by atoms with E-state index in [0.717, 1.165) is 4.90 Å². The molecule has 1 aromatic carbocycles. The number of hydrogen-bond donors (Lipinski definition) is 3. The average molecular weight is 291 g/mol. The number of anilines is 1. The number of hydrogen-bond acceptors (Lipinski definition) is 4. The molecule has 1 fully saturated rings. The molecule has 3 rings (SSSR count). The van der Waals surface area contributed by atoms with Crippen LogP contribution in [0.3, 0.4) is 0 Å². The first-order valence-electron chi connectivity index (χ1n) is 6.31. The number of fused-ring (bicyclic) bond motifs is 2. The largest absolute Gasteiger partial charge is 0.465 e. The molecule has 2 atom stereocenters. The molecule has 3 amide bonds. The Labute approximate surface area is 119 Å². The van der Waals surface area contributed by atoms with Crippen molar-refractivity contribution in [1.29, 1.82) is 0 Å². The third-order valence-electron chi connectivity index (χ3n) is 3.84. The van der Waals surface area contributed by atoms with E-state index in [1.807, 2.05) is 0 Å². The molecule has 0 saturated carbocycles. The molecular formula is C13H13N3O5. The lowest BCUT2D eigenvalue weighted by atomic mass is 9.88. The van der Waals surface area contributed by atoms with E-state index in [-0.39, 0.29) is 13.0 Å². The topological polar surface area (TPSA) is 122 Å². The highest BCUT2D eigenvalue weighted by atomic mass is 16.6. The third-order valence-corrected chi connectivity index (χ3v) is 3.84. The SMILES string of the molecule is NC(=O)[C@@H]1C[C@@]2(CN1C(=O)O)OC(=O)Nc1ccccc12. The van der Waals surface area contributed by atoms with Crippen molar-refractivity contribution in [2.75, 3.05) is 11.9 Å². The van der Waals surface area contributed by atoms with Crippen LogP contribution in [0.2, 0.25) is 0 Å². The molecule has 1 saturated heterocycles. The maximum atomic E-state index is 11.7. The third kappa shape index (κ3) is 1.95. The van der Waals surface area contributed by atoms with Gasteiger partial charge in [0.1, 0.15) is 6.04 Å². The molecule has 0 bridgehead atoms. The van der Waals surface area contributed by atoms with E-state index in [1.165, 1.54) is 0 Å². The van der Waals surface area contributed by atoms with E-state index < -0.39 is 29.7 Å². The number of nitrogens with two attached hydrogens (primary N) is 1. The van der Waals surface area contributed by atoms with Crippen molar-refractivity contribution >= 4 is 23.8 Å². The number of carbonyl (C=O) groups excluding carboxylic acids is 2. The van der Waals surface area contributed by atoms with Crippen LogP contribution in [0.5, 0.6) is 0 Å². The van der Waals surface area contributed by atoms with Crippen molar-refractivity contribution in [2.45, 2.75) is 18.1 Å². The summed E-state index contributed by atoms with van der Waals surface area (Å²) >= 11 is 0. The molecule has 110 valence electrons. The van der Waals surface area contributed by atoms with E-state index in [0.29, 0.717) is 11.3 Å². The van der Waals surface area contributed by atoms with Gasteiger partial charge in [-0.1, -0.05) is 18.2 Å². The molecule has 0 aromatic heterocycles. The molecule has 8 heteroatoms. The van der Waals surface area contributed by atoms with E-state index >= 15 is 0 Å². The van der Waals surface area contributed by atoms with Gasteiger partial charge in [0.25, 0.3) is 0 Å². The Morgan fingerprint density at radius 2 is 2.14 bits per heavy atom. The summed E-state index contributed by atoms with van der Waals surface area (Å²) in [6.45, 7) is -0.125. The van der Waals surface area contributed by atoms with Gasteiger partial charge in [-0.25, -0.2) is 9.59 Å². The van der Waals surface area contributed by atoms with Gasteiger partial charge in [-0.05, 0) is 6.07 Å². The van der Waals surface area contributed by atoms with Crippen LogP contribution in [0.1, 0.15) is 12.0 Å². The van der Waals surface area contributed by atoms with Gasteiger partial charge in [0, 0.05) is 12.0 Å². The summed E-state index contributed by atoms with van der Waals surface area (Å²) in [5, 5.41) is 11.8. The first kappa shape index (κ1) is 13.2. The number of rotatable bonds is 1. The number of amides is 3. The normalized spacial score (nSPS) is 27.0. The number of nitrogens with one attached hydrogen (secondary N) is 1. The zero-order chi connectivity index (χ0) is 15.2. The predicted molar refractivity (Wildman–Crippen MR) is 70.6 cm³/mol. The fourth-order valence-electron chi connectivity index (χ4n) is 2.95. The van der Waals surface area contributed by atoms with E-state index in [9.17, 15) is 19.5 Å². The molecular weight excluding hydrogens is 278 g/mol. The lowest BCUT2D eigenvalue weighted by Crippen LogP contribution is -2.44. The summed E-state index contributed by atoms with van der Waals surface area (Å²) < 4.78 is 5.36. The Morgan fingerprint density at radius 3 is 2.76 bits per heavy atom. The second-order valence-electron chi connectivity index (χ2n) is 5.09. The molecule has 2 aliphatic rings. The Balaban J connectivity index is 2.08. The Bertz CT molecular complexity index is 622. The highest BCUT2D eigenvalue weighted by Gasteiger charge is 2.54. The van der Waals surface area contributed by atoms with Crippen LogP contribution < -0.4 is 11.1 Å². The van der Waals surface area contributed by atoms with Crippen molar-refractivity contribution in [3.8, 4) is 0 Å². The molecule has 0 unspecified atom stereocenters. The van der Waals surface area contributed by atoms with Crippen LogP contribution >= 0.6 is 0 Å². The second kappa shape index (κ2) is 4.37. The monoisotopic (exact) mass is 291 g/mol. The maximum absolute atomic E-state index is 11.7. The van der Waals surface area contributed by atoms with Crippen molar-refractivity contribution in [3.05, 3.63) is 29.8 Å². The molecule has 8 nitrogen and oxygen atoms in total. The van der Waals surface area contributed by atoms with Gasteiger partial charge in [0.2, 0.25) is 5.91 Å². The Hall–Kier alpha value is -2.77. The molecule has 4 N–H and O–H groups in total. The first-order chi connectivity index (χ1) is 9.93. The molecule has 1 aromatic rings. The number of likely N-dealkylation sites (tertiary alicyclic amines) is 1. The zero-order valence-corrected chi connectivity index (χ0v) is 10.9. The van der Waals surface area contributed by atoms with Crippen LogP contribution in [0.25, 0.3) is 0 Å². The average Bonchev–Trinajstić information content (AvgIpc) is 2.79. The van der Waals surface area contributed by atoms with Crippen molar-refractivity contribution < 1.29 is 24.2 Å². The van der Waals surface area contributed by atoms with Crippen LogP contribution in [-0.2, 0) is 15.1 Å². The molecule has 2 aliphatic heterocycles. The fraction of sp³-hybridized carbons (Fsp3) is 0.308. The van der Waals surface area contributed by atoms with E-state index in [2.05, 4.69) is 5.32 Å². The van der Waals surface area contributed by atoms with Crippen molar-refractivity contribution in [3.63, 3.8) is 0 Å². The predicted octanol–water partition coefficient (Wildman–Crippen LogP) is 0.682. The molecule has 1 spiro atoms. The number of ether oxygens (including phenoxy) is 1. The van der Waals surface area contributed by atoms with Crippen molar-refractivity contribution in [1.82, 2.24) is 4.90 Å². The summed E-state index contributed by atoms with van der Waals surface area (Å²) in [6.07, 6.45) is -1.94. The van der Waals surface area contributed by atoms with Gasteiger partial charge in [0.05, 0.1) is 12.2 Å². The lowest BCUT2D eigenvalue weighted by Gasteiger charge is -2.34. The van der Waals surface area contributed by atoms with Gasteiger partial charge in [-0.2, -0.15) is 0 Å². The molecule has 0 radical (unpaired) electrons. The lowest BCUT2D eigenvalue weighted by molar-refractivity contribution is -0.122. The van der Waals surface area contributed by atoms with Crippen LogP contribution in [-0.4, -0.2) is 40.7 Å². The quantitative estimate of drug-likeness (QED) is 0.702. The van der Waals surface area contributed by atoms with Gasteiger partial charge in [0.15, 0.2) is 5.60 Å². The van der Waals surface area contributed by atoms with E-state index in [1.54, 1.807) is 24.3 Å². The fourth-order valence-corrected chi connectivity index (χ4v) is 2.95. The van der Waals surface area contributed by atoms with Gasteiger partial charge in [-0.3, -0.25) is 15.0 Å². The van der Waals surface area contributed by atoms with Gasteiger partial charge >= 0.3 is 12.2 Å². The Morgan fingerprint density at radius 1 is 1.43 bits per heavy atom. The summed E-state index contributed by atoms with van der Waals surface area (Å²) in [6, 6.07) is 5.90. The summed E-state index contributed by atoms with van der Waals surface area (Å²) in [4.78, 5) is 35.4. The molecule has 0 aliphatic carbocycles. The number of carbonyl (C=O) groups is 3. The maximum Gasteiger partial charge on any atom is 0.412 e. The van der Waals surface area contributed by atoms with Gasteiger partial charge < -0.3 is 15.6 Å². The summed E-state index contributed by atoms with van der Waals surface area (Å²) in [5.41, 5.74) is 5.27. The van der Waals surface area contributed by atoms with Crippen molar-refractivity contribution in [2.24, 2.45) is 5.73 Å². The number of carboxylic acid groups (broad SMARTS) is 1. The highest BCUT2D eigenvalue weighted by molar-refractivity contribution is 5.90. The highest BCUT2D eigenvalue weighted by Crippen LogP contribution is 2.44.